The number of carbonyl (C=O) groups is 2. The fraction of sp³-hybridized carbons (Fsp3) is 0.467. The second-order valence-corrected chi connectivity index (χ2v) is 11.3. The van der Waals surface area contributed by atoms with Crippen molar-refractivity contribution in [2.24, 2.45) is 22.7 Å². The summed E-state index contributed by atoms with van der Waals surface area (Å²) in [6.07, 6.45) is 7.58. The quantitative estimate of drug-likeness (QED) is 0.299. The van der Waals surface area contributed by atoms with Crippen molar-refractivity contribution in [1.29, 1.82) is 0 Å². The van der Waals surface area contributed by atoms with Crippen molar-refractivity contribution >= 4 is 23.2 Å². The van der Waals surface area contributed by atoms with E-state index in [1.807, 2.05) is 44.1 Å². The molecule has 2 aliphatic carbocycles. The molecule has 2 fully saturated rings. The van der Waals surface area contributed by atoms with E-state index in [0.29, 0.717) is 12.0 Å². The molecule has 0 saturated heterocycles. The average molecular weight is 508 g/mol. The second-order valence-electron chi connectivity index (χ2n) is 11.3. The van der Waals surface area contributed by atoms with Crippen LogP contribution in [-0.2, 0) is 14.3 Å². The number of carbonyl (C=O) groups excluding carboxylic acids is 1. The number of ether oxygens (including phenoxy) is 1. The number of rotatable bonds is 6. The number of fused-ring (bicyclic) bond motifs is 1. The van der Waals surface area contributed by atoms with Gasteiger partial charge >= 0.3 is 11.9 Å². The number of esters is 1. The van der Waals surface area contributed by atoms with Gasteiger partial charge < -0.3 is 25.0 Å². The van der Waals surface area contributed by atoms with Crippen molar-refractivity contribution in [3.8, 4) is 0 Å². The zero-order chi connectivity index (χ0) is 27.1. The predicted octanol–water partition coefficient (Wildman–Crippen LogP) is 4.33. The molecule has 7 nitrogen and oxygen atoms in total. The lowest BCUT2D eigenvalue weighted by Crippen LogP contribution is -2.57. The number of cyclic esters (lactones) is 1. The lowest BCUT2D eigenvalue weighted by Gasteiger charge is -2.59. The highest BCUT2D eigenvalue weighted by Crippen LogP contribution is 2.61. The molecular weight excluding hydrogens is 470 g/mol. The van der Waals surface area contributed by atoms with Crippen LogP contribution in [0, 0.1) is 22.7 Å². The maximum absolute atomic E-state index is 12.7. The third-order valence-corrected chi connectivity index (χ3v) is 8.88. The zero-order valence-electron chi connectivity index (χ0n) is 22.0. The van der Waals surface area contributed by atoms with Crippen molar-refractivity contribution in [1.82, 2.24) is 0 Å². The van der Waals surface area contributed by atoms with E-state index in [2.05, 4.69) is 13.5 Å². The number of aliphatic hydroxyl groups is 2. The molecule has 2 unspecified atom stereocenters. The summed E-state index contributed by atoms with van der Waals surface area (Å²) < 4.78 is 5.41. The summed E-state index contributed by atoms with van der Waals surface area (Å²) in [4.78, 5) is 26.8. The number of aliphatic carboxylic acids is 1. The van der Waals surface area contributed by atoms with E-state index < -0.39 is 23.5 Å². The summed E-state index contributed by atoms with van der Waals surface area (Å²) >= 11 is 0. The highest BCUT2D eigenvalue weighted by atomic mass is 16.5. The Bertz CT molecular complexity index is 1190. The molecule has 1 aliphatic heterocycles. The van der Waals surface area contributed by atoms with Gasteiger partial charge in [0.25, 0.3) is 0 Å². The number of hydrogen-bond donors (Lipinski definition) is 3. The van der Waals surface area contributed by atoms with E-state index in [-0.39, 0.29) is 40.8 Å². The molecule has 0 aromatic heterocycles. The van der Waals surface area contributed by atoms with E-state index >= 15 is 0 Å². The SMILES string of the molecule is C=C1CCC2[C@](C)(CC[C@@H](O)[C@@]2(C)CO)C1C=CC1=CC(=C(C(=O)O)c2ccc(N(C)C)cc2)OC1=O. The minimum absolute atomic E-state index is 0.00922. The van der Waals surface area contributed by atoms with Gasteiger partial charge in [-0.05, 0) is 60.8 Å². The van der Waals surface area contributed by atoms with Gasteiger partial charge in [-0.25, -0.2) is 9.59 Å². The first-order valence-electron chi connectivity index (χ1n) is 12.8. The minimum Gasteiger partial charge on any atom is -0.478 e. The van der Waals surface area contributed by atoms with Gasteiger partial charge in [0.05, 0.1) is 18.3 Å². The Morgan fingerprint density at radius 1 is 1.22 bits per heavy atom. The lowest BCUT2D eigenvalue weighted by molar-refractivity contribution is -0.145. The number of allylic oxidation sites excluding steroid dienone is 3. The number of carboxylic acids is 1. The summed E-state index contributed by atoms with van der Waals surface area (Å²) in [5.74, 6) is -1.73. The number of anilines is 1. The molecule has 2 saturated carbocycles. The third kappa shape index (κ3) is 4.66. The first-order valence-corrected chi connectivity index (χ1v) is 12.8. The van der Waals surface area contributed by atoms with E-state index in [0.717, 1.165) is 30.5 Å². The fourth-order valence-corrected chi connectivity index (χ4v) is 6.62. The molecule has 1 aromatic rings. The molecular formula is C30H37NO6. The Labute approximate surface area is 218 Å². The molecule has 198 valence electrons. The standard InChI is InChI=1S/C30H37NO6/c1-18-6-13-24-29(2,15-14-25(33)30(24,3)17-32)22(18)12-9-20-16-23(37-28(20)36)26(27(34)35)19-7-10-21(11-8-19)31(4)5/h7-12,16,22,24-25,32-33H,1,6,13-15,17H2,2-5H3,(H,34,35)/t22?,24?,25-,29-,30+/m1/s1. The maximum atomic E-state index is 12.7. The van der Waals surface area contributed by atoms with E-state index in [1.54, 1.807) is 18.2 Å². The van der Waals surface area contributed by atoms with Crippen molar-refractivity contribution in [2.45, 2.75) is 45.6 Å². The van der Waals surface area contributed by atoms with Crippen molar-refractivity contribution in [3.05, 3.63) is 71.5 Å². The molecule has 5 atom stereocenters. The van der Waals surface area contributed by atoms with Crippen LogP contribution in [0.1, 0.15) is 45.1 Å². The number of aliphatic hydroxyl groups excluding tert-OH is 2. The van der Waals surface area contributed by atoms with Gasteiger partial charge in [-0.3, -0.25) is 0 Å². The van der Waals surface area contributed by atoms with Gasteiger partial charge in [0.1, 0.15) is 11.3 Å². The summed E-state index contributed by atoms with van der Waals surface area (Å²) in [5.41, 5.74) is 1.80. The average Bonchev–Trinajstić information content (AvgIpc) is 3.21. The van der Waals surface area contributed by atoms with Crippen LogP contribution in [0.3, 0.4) is 0 Å². The Hall–Kier alpha value is -3.16. The van der Waals surface area contributed by atoms with Crippen LogP contribution in [-0.4, -0.2) is 54.1 Å². The van der Waals surface area contributed by atoms with Crippen molar-refractivity contribution in [3.63, 3.8) is 0 Å². The smallest absolute Gasteiger partial charge is 0.343 e. The Kier molecular flexibility index (Phi) is 7.23. The van der Waals surface area contributed by atoms with Gasteiger partial charge in [-0.2, -0.15) is 0 Å². The highest BCUT2D eigenvalue weighted by Gasteiger charge is 2.57. The van der Waals surface area contributed by atoms with Gasteiger partial charge in [0.15, 0.2) is 0 Å². The third-order valence-electron chi connectivity index (χ3n) is 8.88. The maximum Gasteiger partial charge on any atom is 0.343 e. The van der Waals surface area contributed by atoms with Crippen LogP contribution >= 0.6 is 0 Å². The van der Waals surface area contributed by atoms with Crippen LogP contribution in [0.25, 0.3) is 5.57 Å². The van der Waals surface area contributed by atoms with Gasteiger partial charge in [0.2, 0.25) is 0 Å². The molecule has 0 radical (unpaired) electrons. The van der Waals surface area contributed by atoms with Crippen LogP contribution < -0.4 is 4.90 Å². The summed E-state index contributed by atoms with van der Waals surface area (Å²) in [6, 6.07) is 7.02. The number of benzene rings is 1. The number of hydrogen-bond acceptors (Lipinski definition) is 6. The molecule has 0 spiro atoms. The molecule has 1 aromatic carbocycles. The first-order chi connectivity index (χ1) is 17.4. The molecule has 0 bridgehead atoms. The van der Waals surface area contributed by atoms with Gasteiger partial charge in [-0.15, -0.1) is 0 Å². The highest BCUT2D eigenvalue weighted by molar-refractivity contribution is 6.18. The van der Waals surface area contributed by atoms with E-state index in [1.165, 1.54) is 6.08 Å². The molecule has 3 aliphatic rings. The Morgan fingerprint density at radius 2 is 1.89 bits per heavy atom. The van der Waals surface area contributed by atoms with E-state index in [9.17, 15) is 24.9 Å². The molecule has 4 rings (SSSR count). The van der Waals surface area contributed by atoms with E-state index in [4.69, 9.17) is 4.74 Å². The monoisotopic (exact) mass is 507 g/mol. The molecule has 37 heavy (non-hydrogen) atoms. The summed E-state index contributed by atoms with van der Waals surface area (Å²) in [5, 5.41) is 30.8. The zero-order valence-corrected chi connectivity index (χ0v) is 22.0. The predicted molar refractivity (Wildman–Crippen MR) is 143 cm³/mol. The molecule has 7 heteroatoms. The summed E-state index contributed by atoms with van der Waals surface area (Å²) in [6.45, 7) is 8.37. The molecule has 0 amide bonds. The Balaban J connectivity index is 1.67. The van der Waals surface area contributed by atoms with Gasteiger partial charge in [-0.1, -0.05) is 50.3 Å². The molecule has 3 N–H and O–H groups in total. The number of carboxylic acid groups (broad SMARTS) is 1. The fourth-order valence-electron chi connectivity index (χ4n) is 6.62. The normalized spacial score (nSPS) is 33.1. The minimum atomic E-state index is -1.18. The molecule has 1 heterocycles. The van der Waals surface area contributed by atoms with Crippen LogP contribution in [0.5, 0.6) is 0 Å². The van der Waals surface area contributed by atoms with Crippen molar-refractivity contribution in [2.75, 3.05) is 25.6 Å². The Morgan fingerprint density at radius 3 is 2.49 bits per heavy atom. The largest absolute Gasteiger partial charge is 0.478 e. The van der Waals surface area contributed by atoms with Crippen LogP contribution in [0.2, 0.25) is 0 Å². The van der Waals surface area contributed by atoms with Gasteiger partial charge in [0, 0.05) is 31.1 Å². The topological polar surface area (TPSA) is 107 Å². The van der Waals surface area contributed by atoms with Crippen LogP contribution in [0.15, 0.2) is 66.0 Å². The second kappa shape index (κ2) is 9.95. The first kappa shape index (κ1) is 26.9. The number of nitrogens with zero attached hydrogens (tertiary/aromatic N) is 1. The van der Waals surface area contributed by atoms with Crippen LogP contribution in [0.4, 0.5) is 5.69 Å². The lowest BCUT2D eigenvalue weighted by atomic mass is 9.46. The van der Waals surface area contributed by atoms with Crippen molar-refractivity contribution < 1.29 is 29.6 Å². The summed E-state index contributed by atoms with van der Waals surface area (Å²) in [7, 11) is 3.80.